The first-order chi connectivity index (χ1) is 8.01. The highest BCUT2D eigenvalue weighted by atomic mass is 16.4. The molecule has 6 nitrogen and oxygen atoms in total. The summed E-state index contributed by atoms with van der Waals surface area (Å²) < 4.78 is 0. The second-order valence-corrected chi connectivity index (χ2v) is 4.04. The lowest BCUT2D eigenvalue weighted by Crippen LogP contribution is -2.47. The van der Waals surface area contributed by atoms with Gasteiger partial charge in [0, 0.05) is 20.1 Å². The van der Waals surface area contributed by atoms with Crippen molar-refractivity contribution >= 4 is 11.9 Å². The highest BCUT2D eigenvalue weighted by Gasteiger charge is 2.18. The Kier molecular flexibility index (Phi) is 8.35. The lowest BCUT2D eigenvalue weighted by Gasteiger charge is -2.17. The average molecular weight is 246 g/mol. The third-order valence-corrected chi connectivity index (χ3v) is 2.57. The van der Waals surface area contributed by atoms with Gasteiger partial charge in [0.1, 0.15) is 6.04 Å². The van der Waals surface area contributed by atoms with Crippen molar-refractivity contribution in [1.82, 2.24) is 10.6 Å². The Morgan fingerprint density at radius 1 is 1.29 bits per heavy atom. The Bertz CT molecular complexity index is 246. The fourth-order valence-corrected chi connectivity index (χ4v) is 1.51. The predicted octanol–water partition coefficient (Wildman–Crippen LogP) is -0.426. The number of hydrogen-bond donors (Lipinski definition) is 4. The molecule has 0 aromatic rings. The molecule has 0 aromatic heterocycles. The van der Waals surface area contributed by atoms with Crippen molar-refractivity contribution in [3.05, 3.63) is 0 Å². The van der Waals surface area contributed by atoms with E-state index >= 15 is 0 Å². The quantitative estimate of drug-likeness (QED) is 0.442. The number of nitrogens with one attached hydrogen (secondary N) is 2. The van der Waals surface area contributed by atoms with Crippen LogP contribution in [0.5, 0.6) is 0 Å². The maximum Gasteiger partial charge on any atom is 0.327 e. The molecule has 2 atom stereocenters. The molecule has 1 amide bonds. The third-order valence-electron chi connectivity index (χ3n) is 2.57. The summed E-state index contributed by atoms with van der Waals surface area (Å²) in [7, 11) is 0. The van der Waals surface area contributed by atoms with Crippen molar-refractivity contribution in [2.24, 2.45) is 5.92 Å². The Labute approximate surface area is 101 Å². The van der Waals surface area contributed by atoms with Crippen LogP contribution in [0.3, 0.4) is 0 Å². The van der Waals surface area contributed by atoms with E-state index in [9.17, 15) is 9.59 Å². The van der Waals surface area contributed by atoms with Crippen LogP contribution in [0.4, 0.5) is 0 Å². The number of carboxylic acids is 1. The van der Waals surface area contributed by atoms with Crippen molar-refractivity contribution in [1.29, 1.82) is 0 Å². The number of carbonyl (C=O) groups is 2. The molecule has 6 heteroatoms. The molecule has 0 aliphatic rings. The van der Waals surface area contributed by atoms with Crippen LogP contribution in [0.15, 0.2) is 0 Å². The summed E-state index contributed by atoms with van der Waals surface area (Å²) in [6, 6.07) is -0.904. The fourth-order valence-electron chi connectivity index (χ4n) is 1.51. The zero-order valence-corrected chi connectivity index (χ0v) is 10.4. The fraction of sp³-hybridized carbons (Fsp3) is 0.818. The monoisotopic (exact) mass is 246 g/mol. The van der Waals surface area contributed by atoms with Crippen LogP contribution >= 0.6 is 0 Å². The van der Waals surface area contributed by atoms with Crippen LogP contribution in [0, 0.1) is 5.92 Å². The van der Waals surface area contributed by atoms with E-state index in [2.05, 4.69) is 10.6 Å². The Morgan fingerprint density at radius 2 is 1.94 bits per heavy atom. The second-order valence-electron chi connectivity index (χ2n) is 4.04. The number of hydrogen-bond acceptors (Lipinski definition) is 4. The predicted molar refractivity (Wildman–Crippen MR) is 63.6 cm³/mol. The standard InChI is InChI=1S/C11H22N2O4/c1-3-9(4-5-14)6-12-7-10(11(16)17)13-8(2)15/h9-10,12,14H,3-7H2,1-2H3,(H,13,15)(H,16,17). The zero-order valence-electron chi connectivity index (χ0n) is 10.4. The summed E-state index contributed by atoms with van der Waals surface area (Å²) in [5.74, 6) is -1.09. The van der Waals surface area contributed by atoms with Gasteiger partial charge in [-0.05, 0) is 18.9 Å². The van der Waals surface area contributed by atoms with Crippen molar-refractivity contribution in [3.63, 3.8) is 0 Å². The van der Waals surface area contributed by atoms with Crippen molar-refractivity contribution in [2.45, 2.75) is 32.7 Å². The molecule has 0 saturated heterocycles. The topological polar surface area (TPSA) is 98.7 Å². The van der Waals surface area contributed by atoms with E-state index < -0.39 is 12.0 Å². The van der Waals surface area contributed by atoms with Gasteiger partial charge in [0.15, 0.2) is 0 Å². The molecule has 17 heavy (non-hydrogen) atoms. The summed E-state index contributed by atoms with van der Waals surface area (Å²) >= 11 is 0. The van der Waals surface area contributed by atoms with Gasteiger partial charge in [0.2, 0.25) is 5.91 Å². The van der Waals surface area contributed by atoms with Crippen LogP contribution in [0.2, 0.25) is 0 Å². The summed E-state index contributed by atoms with van der Waals surface area (Å²) in [4.78, 5) is 21.6. The first-order valence-corrected chi connectivity index (χ1v) is 5.82. The van der Waals surface area contributed by atoms with E-state index in [0.717, 1.165) is 6.42 Å². The number of carbonyl (C=O) groups excluding carboxylic acids is 1. The number of carboxylic acid groups (broad SMARTS) is 1. The lowest BCUT2D eigenvalue weighted by atomic mass is 10.0. The molecule has 0 aromatic carbocycles. The molecule has 2 unspecified atom stereocenters. The van der Waals surface area contributed by atoms with Crippen molar-refractivity contribution in [3.8, 4) is 0 Å². The Hall–Kier alpha value is -1.14. The summed E-state index contributed by atoms with van der Waals surface area (Å²) in [6.07, 6.45) is 1.62. The SMILES string of the molecule is CCC(CCO)CNCC(NC(C)=O)C(=O)O. The highest BCUT2D eigenvalue weighted by molar-refractivity contribution is 5.82. The van der Waals surface area contributed by atoms with Gasteiger partial charge in [0.25, 0.3) is 0 Å². The molecular weight excluding hydrogens is 224 g/mol. The lowest BCUT2D eigenvalue weighted by molar-refractivity contribution is -0.141. The number of aliphatic carboxylic acids is 1. The summed E-state index contributed by atoms with van der Waals surface area (Å²) in [5.41, 5.74) is 0. The van der Waals surface area contributed by atoms with Crippen LogP contribution < -0.4 is 10.6 Å². The Morgan fingerprint density at radius 3 is 2.35 bits per heavy atom. The van der Waals surface area contributed by atoms with E-state index in [-0.39, 0.29) is 19.1 Å². The maximum atomic E-state index is 10.8. The van der Waals surface area contributed by atoms with Gasteiger partial charge >= 0.3 is 5.97 Å². The van der Waals surface area contributed by atoms with Gasteiger partial charge < -0.3 is 20.8 Å². The number of amides is 1. The molecule has 0 spiro atoms. The maximum absolute atomic E-state index is 10.8. The Balaban J connectivity index is 3.96. The molecule has 0 saturated carbocycles. The second kappa shape index (κ2) is 8.95. The van der Waals surface area contributed by atoms with Gasteiger partial charge in [-0.3, -0.25) is 4.79 Å². The van der Waals surface area contributed by atoms with Crippen LogP contribution in [0.1, 0.15) is 26.7 Å². The van der Waals surface area contributed by atoms with Gasteiger partial charge in [0.05, 0.1) is 0 Å². The van der Waals surface area contributed by atoms with Crippen molar-refractivity contribution < 1.29 is 19.8 Å². The smallest absolute Gasteiger partial charge is 0.327 e. The minimum Gasteiger partial charge on any atom is -0.480 e. The van der Waals surface area contributed by atoms with E-state index in [1.807, 2.05) is 6.92 Å². The van der Waals surface area contributed by atoms with Crippen LogP contribution in [0.25, 0.3) is 0 Å². The number of aliphatic hydroxyl groups is 1. The first-order valence-electron chi connectivity index (χ1n) is 5.82. The van der Waals surface area contributed by atoms with E-state index in [4.69, 9.17) is 10.2 Å². The molecule has 0 aliphatic heterocycles. The zero-order chi connectivity index (χ0) is 13.3. The van der Waals surface area contributed by atoms with E-state index in [1.54, 1.807) is 0 Å². The highest BCUT2D eigenvalue weighted by Crippen LogP contribution is 2.05. The largest absolute Gasteiger partial charge is 0.480 e. The van der Waals surface area contributed by atoms with E-state index in [1.165, 1.54) is 6.92 Å². The molecule has 0 radical (unpaired) electrons. The molecule has 100 valence electrons. The summed E-state index contributed by atoms with van der Waals surface area (Å²) in [5, 5.41) is 23.0. The van der Waals surface area contributed by atoms with Crippen LogP contribution in [-0.2, 0) is 9.59 Å². The minimum atomic E-state index is -1.05. The average Bonchev–Trinajstić information content (AvgIpc) is 2.25. The number of rotatable bonds is 9. The first kappa shape index (κ1) is 15.9. The molecule has 0 fully saturated rings. The van der Waals surface area contributed by atoms with Crippen molar-refractivity contribution in [2.75, 3.05) is 19.7 Å². The van der Waals surface area contributed by atoms with E-state index in [0.29, 0.717) is 18.9 Å². The van der Waals surface area contributed by atoms with Gasteiger partial charge in [-0.25, -0.2) is 4.79 Å². The van der Waals surface area contributed by atoms with Gasteiger partial charge in [-0.2, -0.15) is 0 Å². The normalized spacial score (nSPS) is 14.1. The van der Waals surface area contributed by atoms with Crippen LogP contribution in [-0.4, -0.2) is 47.8 Å². The number of aliphatic hydroxyl groups excluding tert-OH is 1. The minimum absolute atomic E-state index is 0.133. The molecule has 0 heterocycles. The van der Waals surface area contributed by atoms with Gasteiger partial charge in [-0.15, -0.1) is 0 Å². The summed E-state index contributed by atoms with van der Waals surface area (Å²) in [6.45, 7) is 4.27. The molecule has 0 bridgehead atoms. The van der Waals surface area contributed by atoms with Gasteiger partial charge in [-0.1, -0.05) is 13.3 Å². The molecule has 0 aliphatic carbocycles. The molecular formula is C11H22N2O4. The molecule has 4 N–H and O–H groups in total. The molecule has 0 rings (SSSR count). The third kappa shape index (κ3) is 7.70.